The summed E-state index contributed by atoms with van der Waals surface area (Å²) in [7, 11) is 0. The fourth-order valence-electron chi connectivity index (χ4n) is 1.39. The first kappa shape index (κ1) is 13.4. The van der Waals surface area contributed by atoms with Gasteiger partial charge < -0.3 is 14.0 Å². The van der Waals surface area contributed by atoms with Crippen molar-refractivity contribution in [2.24, 2.45) is 0 Å². The summed E-state index contributed by atoms with van der Waals surface area (Å²) in [6, 6.07) is 8.48. The molecule has 0 saturated carbocycles. The number of aromatic nitrogens is 1. The summed E-state index contributed by atoms with van der Waals surface area (Å²) in [6.45, 7) is 2.17. The minimum absolute atomic E-state index is 0.131. The van der Waals surface area contributed by atoms with Gasteiger partial charge in [-0.15, -0.1) is 0 Å². The van der Waals surface area contributed by atoms with Gasteiger partial charge in [0, 0.05) is 11.1 Å². The molecule has 1 aromatic carbocycles. The molecule has 0 aliphatic carbocycles. The molecule has 5 nitrogen and oxygen atoms in total. The van der Waals surface area contributed by atoms with E-state index >= 15 is 0 Å². The number of carbonyl (C=O) groups excluding carboxylic acids is 1. The summed E-state index contributed by atoms with van der Waals surface area (Å²) in [5.41, 5.74) is 0.131. The average molecular weight is 282 g/mol. The highest BCUT2D eigenvalue weighted by molar-refractivity contribution is 6.30. The number of esters is 1. The Bertz CT molecular complexity index is 567. The minimum atomic E-state index is -0.514. The lowest BCUT2D eigenvalue weighted by molar-refractivity contribution is 0.0514. The van der Waals surface area contributed by atoms with E-state index in [2.05, 4.69) is 5.16 Å². The summed E-state index contributed by atoms with van der Waals surface area (Å²) in [6.07, 6.45) is 0. The van der Waals surface area contributed by atoms with Crippen molar-refractivity contribution in [2.45, 2.75) is 13.5 Å². The number of hydrogen-bond acceptors (Lipinski definition) is 5. The molecule has 0 N–H and O–H groups in total. The van der Waals surface area contributed by atoms with Gasteiger partial charge in [0.15, 0.2) is 11.5 Å². The van der Waals surface area contributed by atoms with Crippen molar-refractivity contribution in [1.82, 2.24) is 5.16 Å². The number of benzene rings is 1. The zero-order valence-corrected chi connectivity index (χ0v) is 11.0. The highest BCUT2D eigenvalue weighted by Crippen LogP contribution is 2.18. The lowest BCUT2D eigenvalue weighted by Gasteiger charge is -2.03. The third-order valence-electron chi connectivity index (χ3n) is 2.22. The Morgan fingerprint density at radius 1 is 1.42 bits per heavy atom. The number of nitrogens with zero attached hydrogens (tertiary/aromatic N) is 1. The second-order valence-electron chi connectivity index (χ2n) is 3.64. The van der Waals surface area contributed by atoms with Crippen molar-refractivity contribution in [3.63, 3.8) is 0 Å². The van der Waals surface area contributed by atoms with Crippen LogP contribution in [0, 0.1) is 0 Å². The number of ether oxygens (including phenoxy) is 2. The Balaban J connectivity index is 1.95. The number of rotatable bonds is 5. The molecule has 19 heavy (non-hydrogen) atoms. The van der Waals surface area contributed by atoms with Crippen LogP contribution in [0.5, 0.6) is 5.75 Å². The molecule has 0 aliphatic rings. The van der Waals surface area contributed by atoms with Gasteiger partial charge in [-0.25, -0.2) is 4.79 Å². The maximum atomic E-state index is 11.4. The van der Waals surface area contributed by atoms with E-state index in [0.717, 1.165) is 0 Å². The summed E-state index contributed by atoms with van der Waals surface area (Å²) >= 11 is 5.83. The fraction of sp³-hybridized carbons (Fsp3) is 0.231. The number of carbonyl (C=O) groups is 1. The Hall–Kier alpha value is -2.01. The van der Waals surface area contributed by atoms with Crippen LogP contribution in [0.25, 0.3) is 0 Å². The monoisotopic (exact) mass is 281 g/mol. The van der Waals surface area contributed by atoms with E-state index in [4.69, 9.17) is 25.6 Å². The molecule has 0 radical (unpaired) electrons. The van der Waals surface area contributed by atoms with Crippen LogP contribution in [-0.4, -0.2) is 17.7 Å². The SMILES string of the molecule is CCOC(=O)c1cc(COc2cccc(Cl)c2)on1. The normalized spacial score (nSPS) is 10.2. The molecule has 0 unspecified atom stereocenters. The molecule has 0 aliphatic heterocycles. The van der Waals surface area contributed by atoms with Crippen LogP contribution in [0.1, 0.15) is 23.2 Å². The molecule has 0 fully saturated rings. The molecular formula is C13H12ClNO4. The first-order valence-electron chi connectivity index (χ1n) is 5.70. The third-order valence-corrected chi connectivity index (χ3v) is 2.46. The van der Waals surface area contributed by atoms with Crippen LogP contribution in [0.4, 0.5) is 0 Å². The Morgan fingerprint density at radius 3 is 3.00 bits per heavy atom. The standard InChI is InChI=1S/C13H12ClNO4/c1-2-17-13(16)12-7-11(19-15-12)8-18-10-5-3-4-9(14)6-10/h3-7H,2,8H2,1H3. The van der Waals surface area contributed by atoms with E-state index in [-0.39, 0.29) is 12.3 Å². The molecule has 2 rings (SSSR count). The minimum Gasteiger partial charge on any atom is -0.485 e. The summed E-state index contributed by atoms with van der Waals surface area (Å²) in [5.74, 6) is 0.532. The molecular weight excluding hydrogens is 270 g/mol. The first-order chi connectivity index (χ1) is 9.19. The molecule has 0 atom stereocenters. The van der Waals surface area contributed by atoms with Gasteiger partial charge in [-0.3, -0.25) is 0 Å². The van der Waals surface area contributed by atoms with Crippen LogP contribution in [0.15, 0.2) is 34.9 Å². The lowest BCUT2D eigenvalue weighted by Crippen LogP contribution is -2.04. The van der Waals surface area contributed by atoms with Gasteiger partial charge >= 0.3 is 5.97 Å². The van der Waals surface area contributed by atoms with Crippen molar-refractivity contribution in [3.05, 3.63) is 46.8 Å². The highest BCUT2D eigenvalue weighted by Gasteiger charge is 2.13. The van der Waals surface area contributed by atoms with Gasteiger partial charge in [-0.05, 0) is 25.1 Å². The van der Waals surface area contributed by atoms with E-state index in [9.17, 15) is 4.79 Å². The topological polar surface area (TPSA) is 61.6 Å². The fourth-order valence-corrected chi connectivity index (χ4v) is 1.57. The van der Waals surface area contributed by atoms with Crippen molar-refractivity contribution in [3.8, 4) is 5.75 Å². The van der Waals surface area contributed by atoms with E-state index in [1.54, 1.807) is 31.2 Å². The number of halogens is 1. The van der Waals surface area contributed by atoms with Gasteiger partial charge in [0.05, 0.1) is 6.61 Å². The van der Waals surface area contributed by atoms with Crippen molar-refractivity contribution >= 4 is 17.6 Å². The molecule has 1 aromatic heterocycles. The quantitative estimate of drug-likeness (QED) is 0.788. The largest absolute Gasteiger partial charge is 0.485 e. The summed E-state index contributed by atoms with van der Waals surface area (Å²) < 4.78 is 15.2. The molecule has 0 bridgehead atoms. The third kappa shape index (κ3) is 3.72. The van der Waals surface area contributed by atoms with Gasteiger partial charge in [-0.2, -0.15) is 0 Å². The van der Waals surface area contributed by atoms with Crippen LogP contribution in [0.3, 0.4) is 0 Å². The average Bonchev–Trinajstić information content (AvgIpc) is 2.86. The van der Waals surface area contributed by atoms with Gasteiger partial charge in [0.1, 0.15) is 12.4 Å². The first-order valence-corrected chi connectivity index (χ1v) is 6.08. The number of hydrogen-bond donors (Lipinski definition) is 0. The molecule has 0 saturated heterocycles. The Morgan fingerprint density at radius 2 is 2.26 bits per heavy atom. The predicted octanol–water partition coefficient (Wildman–Crippen LogP) is 3.08. The lowest BCUT2D eigenvalue weighted by atomic mass is 10.3. The summed E-state index contributed by atoms with van der Waals surface area (Å²) in [4.78, 5) is 11.4. The molecule has 0 amide bonds. The Kier molecular flexibility index (Phi) is 4.41. The second-order valence-corrected chi connectivity index (χ2v) is 4.08. The van der Waals surface area contributed by atoms with Crippen LogP contribution >= 0.6 is 11.6 Å². The van der Waals surface area contributed by atoms with Crippen LogP contribution < -0.4 is 4.74 Å². The Labute approximate surface area is 115 Å². The van der Waals surface area contributed by atoms with E-state index in [1.807, 2.05) is 0 Å². The molecule has 6 heteroatoms. The van der Waals surface area contributed by atoms with Gasteiger partial charge in [0.2, 0.25) is 0 Å². The maximum Gasteiger partial charge on any atom is 0.360 e. The van der Waals surface area contributed by atoms with Crippen molar-refractivity contribution in [1.29, 1.82) is 0 Å². The maximum absolute atomic E-state index is 11.4. The zero-order valence-electron chi connectivity index (χ0n) is 10.3. The zero-order chi connectivity index (χ0) is 13.7. The highest BCUT2D eigenvalue weighted by atomic mass is 35.5. The predicted molar refractivity (Wildman–Crippen MR) is 68.2 cm³/mol. The molecule has 1 heterocycles. The molecule has 2 aromatic rings. The van der Waals surface area contributed by atoms with Gasteiger partial charge in [0.25, 0.3) is 0 Å². The van der Waals surface area contributed by atoms with Crippen molar-refractivity contribution in [2.75, 3.05) is 6.61 Å². The second kappa shape index (κ2) is 6.24. The van der Waals surface area contributed by atoms with E-state index < -0.39 is 5.97 Å². The smallest absolute Gasteiger partial charge is 0.360 e. The molecule has 100 valence electrons. The van der Waals surface area contributed by atoms with Crippen LogP contribution in [0.2, 0.25) is 5.02 Å². The van der Waals surface area contributed by atoms with E-state index in [0.29, 0.717) is 23.1 Å². The summed E-state index contributed by atoms with van der Waals surface area (Å²) in [5, 5.41) is 4.19. The van der Waals surface area contributed by atoms with Crippen LogP contribution in [-0.2, 0) is 11.3 Å². The van der Waals surface area contributed by atoms with E-state index in [1.165, 1.54) is 6.07 Å². The van der Waals surface area contributed by atoms with Crippen molar-refractivity contribution < 1.29 is 18.8 Å². The van der Waals surface area contributed by atoms with Gasteiger partial charge in [-0.1, -0.05) is 22.8 Å². The molecule has 0 spiro atoms.